The third-order valence-electron chi connectivity index (χ3n) is 2.48. The number of nitrogens with zero attached hydrogens (tertiary/aromatic N) is 3. The second kappa shape index (κ2) is 7.25. The summed E-state index contributed by atoms with van der Waals surface area (Å²) in [6, 6.07) is 0. The first-order valence-electron chi connectivity index (χ1n) is 6.08. The van der Waals surface area contributed by atoms with Crippen LogP contribution >= 0.6 is 0 Å². The number of hydrogen-bond donors (Lipinski definition) is 0. The molecule has 0 N–H and O–H groups in total. The van der Waals surface area contributed by atoms with Crippen molar-refractivity contribution < 1.29 is 0 Å². The fourth-order valence-electron chi connectivity index (χ4n) is 2.20. The van der Waals surface area contributed by atoms with Gasteiger partial charge in [-0.15, -0.1) is 0 Å². The Morgan fingerprint density at radius 1 is 0.875 bits per heavy atom. The molecular weight excluding hydrogens is 198 g/mol. The zero-order chi connectivity index (χ0) is 12.8. The summed E-state index contributed by atoms with van der Waals surface area (Å²) in [5.41, 5.74) is 0.309. The third kappa shape index (κ3) is 9.13. The lowest BCUT2D eigenvalue weighted by molar-refractivity contribution is 0.172. The van der Waals surface area contributed by atoms with Crippen molar-refractivity contribution in [2.24, 2.45) is 5.41 Å². The molecule has 0 saturated heterocycles. The Kier molecular flexibility index (Phi) is 7.20. The van der Waals surface area contributed by atoms with E-state index in [1.54, 1.807) is 0 Å². The van der Waals surface area contributed by atoms with Crippen molar-refractivity contribution in [3.8, 4) is 0 Å². The number of rotatable bonds is 8. The molecule has 0 spiro atoms. The SMILES string of the molecule is [CH2]N(CCCN(C)C)CC(C)(C)CN(C)C. The lowest BCUT2D eigenvalue weighted by atomic mass is 9.92. The van der Waals surface area contributed by atoms with Crippen LogP contribution in [0.2, 0.25) is 0 Å². The normalized spacial score (nSPS) is 13.1. The van der Waals surface area contributed by atoms with E-state index in [1.165, 1.54) is 6.42 Å². The van der Waals surface area contributed by atoms with Gasteiger partial charge >= 0.3 is 0 Å². The van der Waals surface area contributed by atoms with Gasteiger partial charge in [0.2, 0.25) is 0 Å². The molecule has 0 rings (SSSR count). The Hall–Kier alpha value is -0.120. The first-order chi connectivity index (χ1) is 7.23. The van der Waals surface area contributed by atoms with Gasteiger partial charge in [-0.2, -0.15) is 0 Å². The van der Waals surface area contributed by atoms with E-state index < -0.39 is 0 Å². The molecule has 3 heteroatoms. The molecule has 16 heavy (non-hydrogen) atoms. The summed E-state index contributed by atoms with van der Waals surface area (Å²) in [5, 5.41) is 0. The van der Waals surface area contributed by atoms with Gasteiger partial charge in [0.05, 0.1) is 0 Å². The van der Waals surface area contributed by atoms with Crippen molar-refractivity contribution in [1.82, 2.24) is 14.7 Å². The van der Waals surface area contributed by atoms with Crippen molar-refractivity contribution in [2.45, 2.75) is 20.3 Å². The van der Waals surface area contributed by atoms with E-state index in [9.17, 15) is 0 Å². The molecule has 0 unspecified atom stereocenters. The zero-order valence-electron chi connectivity index (χ0n) is 12.1. The highest BCUT2D eigenvalue weighted by molar-refractivity contribution is 4.76. The monoisotopic (exact) mass is 228 g/mol. The molecular formula is C13H30N3. The summed E-state index contributed by atoms with van der Waals surface area (Å²) in [4.78, 5) is 6.67. The highest BCUT2D eigenvalue weighted by atomic mass is 15.1. The summed E-state index contributed by atoms with van der Waals surface area (Å²) in [5.74, 6) is 0. The zero-order valence-corrected chi connectivity index (χ0v) is 12.1. The molecule has 0 aromatic carbocycles. The van der Waals surface area contributed by atoms with Crippen molar-refractivity contribution in [3.05, 3.63) is 7.05 Å². The smallest absolute Gasteiger partial charge is 0.0110 e. The maximum absolute atomic E-state index is 4.12. The van der Waals surface area contributed by atoms with Crippen LogP contribution in [0.3, 0.4) is 0 Å². The van der Waals surface area contributed by atoms with Gasteiger partial charge in [-0.3, -0.25) is 0 Å². The van der Waals surface area contributed by atoms with Crippen LogP contribution < -0.4 is 0 Å². The molecule has 1 radical (unpaired) electrons. The van der Waals surface area contributed by atoms with Crippen molar-refractivity contribution >= 4 is 0 Å². The number of hydrogen-bond acceptors (Lipinski definition) is 3. The lowest BCUT2D eigenvalue weighted by Crippen LogP contribution is -2.38. The van der Waals surface area contributed by atoms with E-state index in [0.29, 0.717) is 5.41 Å². The lowest BCUT2D eigenvalue weighted by Gasteiger charge is -2.32. The maximum atomic E-state index is 4.12. The summed E-state index contributed by atoms with van der Waals surface area (Å²) in [6.45, 7) is 8.98. The molecule has 0 bridgehead atoms. The van der Waals surface area contributed by atoms with Crippen molar-refractivity contribution in [2.75, 3.05) is 54.4 Å². The summed E-state index contributed by atoms with van der Waals surface area (Å²) in [6.07, 6.45) is 1.19. The predicted molar refractivity (Wildman–Crippen MR) is 72.4 cm³/mol. The predicted octanol–water partition coefficient (Wildman–Crippen LogP) is 1.62. The molecule has 0 fully saturated rings. The van der Waals surface area contributed by atoms with Gasteiger partial charge in [0.15, 0.2) is 0 Å². The minimum Gasteiger partial charge on any atom is -0.309 e. The highest BCUT2D eigenvalue weighted by Gasteiger charge is 2.20. The quantitative estimate of drug-likeness (QED) is 0.625. The molecule has 0 aliphatic heterocycles. The van der Waals surface area contributed by atoms with Crippen molar-refractivity contribution in [3.63, 3.8) is 0 Å². The van der Waals surface area contributed by atoms with Gasteiger partial charge in [0, 0.05) is 20.1 Å². The minimum atomic E-state index is 0.309. The standard InChI is InChI=1S/C13H30N3/c1-13(2,11-15(5)6)12-16(7)10-8-9-14(3)4/h7-12H2,1-6H3. The fourth-order valence-corrected chi connectivity index (χ4v) is 2.20. The molecule has 0 aromatic heterocycles. The molecule has 0 atom stereocenters. The second-order valence-corrected chi connectivity index (χ2v) is 6.11. The van der Waals surface area contributed by atoms with Gasteiger partial charge in [0.25, 0.3) is 0 Å². The van der Waals surface area contributed by atoms with Crippen LogP contribution in [0.5, 0.6) is 0 Å². The molecule has 3 nitrogen and oxygen atoms in total. The molecule has 0 heterocycles. The molecule has 0 aliphatic carbocycles. The van der Waals surface area contributed by atoms with Gasteiger partial charge < -0.3 is 14.7 Å². The van der Waals surface area contributed by atoms with E-state index in [-0.39, 0.29) is 0 Å². The average molecular weight is 228 g/mol. The largest absolute Gasteiger partial charge is 0.309 e. The molecule has 97 valence electrons. The maximum Gasteiger partial charge on any atom is 0.0110 e. The van der Waals surface area contributed by atoms with Crippen LogP contribution in [-0.2, 0) is 0 Å². The summed E-state index contributed by atoms with van der Waals surface area (Å²) < 4.78 is 0. The van der Waals surface area contributed by atoms with Gasteiger partial charge in [-0.05, 0) is 53.1 Å². The molecule has 0 saturated carbocycles. The van der Waals surface area contributed by atoms with Crippen LogP contribution in [0, 0.1) is 12.5 Å². The minimum absolute atomic E-state index is 0.309. The first kappa shape index (κ1) is 15.9. The van der Waals surface area contributed by atoms with Crippen molar-refractivity contribution in [1.29, 1.82) is 0 Å². The Morgan fingerprint density at radius 3 is 1.88 bits per heavy atom. The highest BCUT2D eigenvalue weighted by Crippen LogP contribution is 2.17. The van der Waals surface area contributed by atoms with Gasteiger partial charge in [-0.25, -0.2) is 0 Å². The molecule has 0 amide bonds. The van der Waals surface area contributed by atoms with E-state index >= 15 is 0 Å². The van der Waals surface area contributed by atoms with Crippen LogP contribution in [-0.4, -0.2) is 69.1 Å². The topological polar surface area (TPSA) is 9.72 Å². The second-order valence-electron chi connectivity index (χ2n) is 6.11. The van der Waals surface area contributed by atoms with Gasteiger partial charge in [0.1, 0.15) is 0 Å². The first-order valence-corrected chi connectivity index (χ1v) is 6.08. The third-order valence-corrected chi connectivity index (χ3v) is 2.48. The molecule has 0 aromatic rings. The summed E-state index contributed by atoms with van der Waals surface area (Å²) in [7, 11) is 12.6. The van der Waals surface area contributed by atoms with E-state index in [0.717, 1.165) is 26.2 Å². The Labute approximate surface area is 102 Å². The van der Waals surface area contributed by atoms with E-state index in [2.05, 4.69) is 63.8 Å². The average Bonchev–Trinajstić information content (AvgIpc) is 1.98. The fraction of sp³-hybridized carbons (Fsp3) is 0.923. The van der Waals surface area contributed by atoms with Gasteiger partial charge in [-0.1, -0.05) is 13.8 Å². The summed E-state index contributed by atoms with van der Waals surface area (Å²) >= 11 is 0. The molecule has 0 aliphatic rings. The van der Waals surface area contributed by atoms with Crippen LogP contribution in [0.4, 0.5) is 0 Å². The van der Waals surface area contributed by atoms with Crippen LogP contribution in [0.25, 0.3) is 0 Å². The van der Waals surface area contributed by atoms with E-state index in [4.69, 9.17) is 0 Å². The Morgan fingerprint density at radius 2 is 1.44 bits per heavy atom. The van der Waals surface area contributed by atoms with Crippen LogP contribution in [0.1, 0.15) is 20.3 Å². The van der Waals surface area contributed by atoms with Crippen LogP contribution in [0.15, 0.2) is 0 Å². The Bertz CT molecular complexity index is 176. The van der Waals surface area contributed by atoms with E-state index in [1.807, 2.05) is 0 Å². The Balaban J connectivity index is 3.80.